The number of hydrogen-bond donors (Lipinski definition) is 2. The van der Waals surface area contributed by atoms with Crippen LogP contribution < -0.4 is 0 Å². The molecule has 0 saturated heterocycles. The molecule has 0 radical (unpaired) electrons. The first-order chi connectivity index (χ1) is 15.7. The molecule has 4 aliphatic rings. The first-order valence-corrected chi connectivity index (χ1v) is 13.2. The van der Waals surface area contributed by atoms with E-state index in [9.17, 15) is 10.2 Å². The van der Waals surface area contributed by atoms with E-state index in [0.717, 1.165) is 42.3 Å². The largest absolute Gasteiger partial charge is 0.391 e. The van der Waals surface area contributed by atoms with Gasteiger partial charge in [0.05, 0.1) is 24.4 Å². The Kier molecular flexibility index (Phi) is 4.98. The van der Waals surface area contributed by atoms with Crippen molar-refractivity contribution >= 4 is 11.2 Å². The van der Waals surface area contributed by atoms with Crippen molar-refractivity contribution in [2.24, 2.45) is 40.4 Å². The summed E-state index contributed by atoms with van der Waals surface area (Å²) in [5.74, 6) is 3.26. The van der Waals surface area contributed by atoms with Gasteiger partial charge in [-0.15, -0.1) is 0 Å². The van der Waals surface area contributed by atoms with Gasteiger partial charge in [0, 0.05) is 12.4 Å². The molecule has 6 heteroatoms. The van der Waals surface area contributed by atoms with Crippen molar-refractivity contribution in [1.82, 2.24) is 19.7 Å². The van der Waals surface area contributed by atoms with Crippen LogP contribution >= 0.6 is 0 Å². The fourth-order valence-corrected chi connectivity index (χ4v) is 9.35. The summed E-state index contributed by atoms with van der Waals surface area (Å²) in [6, 6.07) is 0. The Labute approximate surface area is 197 Å². The van der Waals surface area contributed by atoms with Crippen molar-refractivity contribution < 1.29 is 10.2 Å². The topological polar surface area (TPSA) is 84.1 Å². The molecule has 0 amide bonds. The average Bonchev–Trinajstić information content (AvgIpc) is 3.35. The second-order valence-corrected chi connectivity index (χ2v) is 12.7. The summed E-state index contributed by atoms with van der Waals surface area (Å²) in [5, 5.41) is 26.7. The van der Waals surface area contributed by atoms with Gasteiger partial charge in [-0.05, 0) is 105 Å². The van der Waals surface area contributed by atoms with E-state index in [4.69, 9.17) is 0 Å². The maximum absolute atomic E-state index is 11.4. The van der Waals surface area contributed by atoms with Crippen molar-refractivity contribution in [1.29, 1.82) is 0 Å². The molecule has 2 N–H and O–H groups in total. The molecular weight excluding hydrogens is 412 g/mol. The Morgan fingerprint density at radius 2 is 1.76 bits per heavy atom. The zero-order chi connectivity index (χ0) is 23.0. The molecule has 2 aromatic heterocycles. The van der Waals surface area contributed by atoms with E-state index in [1.165, 1.54) is 38.5 Å². The summed E-state index contributed by atoms with van der Waals surface area (Å²) in [6.45, 7) is 7.58. The first-order valence-electron chi connectivity index (χ1n) is 13.2. The monoisotopic (exact) mass is 452 g/mol. The SMILES string of the molecule is CC12CC[C@@](C)(O)C[C@@H]1CC[C@@H]1[C@@H]2CC[C@]2(C)[C@@H](C(O)Cn3ncc4nccnc43)CC[C@@H]12. The summed E-state index contributed by atoms with van der Waals surface area (Å²) in [7, 11) is 0. The number of hydrogen-bond acceptors (Lipinski definition) is 5. The van der Waals surface area contributed by atoms with Crippen LogP contribution in [0, 0.1) is 40.4 Å². The molecule has 0 spiro atoms. The molecule has 4 saturated carbocycles. The lowest BCUT2D eigenvalue weighted by Crippen LogP contribution is -2.56. The lowest BCUT2D eigenvalue weighted by atomic mass is 9.44. The minimum Gasteiger partial charge on any atom is -0.391 e. The smallest absolute Gasteiger partial charge is 0.176 e. The van der Waals surface area contributed by atoms with Gasteiger partial charge in [0.1, 0.15) is 5.52 Å². The Hall–Kier alpha value is -1.53. The summed E-state index contributed by atoms with van der Waals surface area (Å²) in [6.07, 6.45) is 15.3. The van der Waals surface area contributed by atoms with Crippen LogP contribution in [0.3, 0.4) is 0 Å². The van der Waals surface area contributed by atoms with Gasteiger partial charge in [0.2, 0.25) is 0 Å². The molecule has 6 rings (SSSR count). The van der Waals surface area contributed by atoms with Crippen LogP contribution in [0.5, 0.6) is 0 Å². The predicted molar refractivity (Wildman–Crippen MR) is 127 cm³/mol. The van der Waals surface area contributed by atoms with Gasteiger partial charge < -0.3 is 10.2 Å². The third-order valence-corrected chi connectivity index (χ3v) is 11.1. The van der Waals surface area contributed by atoms with E-state index < -0.39 is 11.7 Å². The first kappa shape index (κ1) is 22.0. The van der Waals surface area contributed by atoms with Crippen molar-refractivity contribution in [3.8, 4) is 0 Å². The molecule has 9 atom stereocenters. The standard InChI is InChI=1S/C27H40N4O2/c1-25(33)10-11-26(2)17(14-25)4-5-18-19-6-7-21(27(19,3)9-8-20(18)26)23(32)16-31-24-22(15-30-31)28-12-13-29-24/h12-13,15,17-21,23,32-33H,4-11,14,16H2,1-3H3/t17-,18-,19-,20-,21+,23?,25+,26?,27-/m0/s1. The van der Waals surface area contributed by atoms with E-state index >= 15 is 0 Å². The molecule has 0 aromatic carbocycles. The molecule has 2 heterocycles. The van der Waals surface area contributed by atoms with Crippen molar-refractivity contribution in [3.05, 3.63) is 18.6 Å². The predicted octanol–water partition coefficient (Wildman–Crippen LogP) is 4.60. The number of aromatic nitrogens is 4. The molecule has 180 valence electrons. The lowest BCUT2D eigenvalue weighted by molar-refractivity contribution is -0.150. The van der Waals surface area contributed by atoms with Crippen LogP contribution in [0.15, 0.2) is 18.6 Å². The highest BCUT2D eigenvalue weighted by Gasteiger charge is 2.61. The number of nitrogens with zero attached hydrogens (tertiary/aromatic N) is 4. The summed E-state index contributed by atoms with van der Waals surface area (Å²) < 4.78 is 1.84. The van der Waals surface area contributed by atoms with Gasteiger partial charge >= 0.3 is 0 Å². The fourth-order valence-electron chi connectivity index (χ4n) is 9.35. The van der Waals surface area contributed by atoms with Gasteiger partial charge in [-0.3, -0.25) is 0 Å². The lowest BCUT2D eigenvalue weighted by Gasteiger charge is -2.62. The van der Waals surface area contributed by atoms with Crippen LogP contribution in [0.25, 0.3) is 11.2 Å². The minimum absolute atomic E-state index is 0.207. The van der Waals surface area contributed by atoms with Crippen LogP contribution in [0.2, 0.25) is 0 Å². The minimum atomic E-state index is -0.468. The molecular formula is C27H40N4O2. The average molecular weight is 453 g/mol. The Morgan fingerprint density at radius 1 is 0.970 bits per heavy atom. The number of aliphatic hydroxyl groups excluding tert-OH is 1. The van der Waals surface area contributed by atoms with Crippen molar-refractivity contribution in [2.75, 3.05) is 0 Å². The van der Waals surface area contributed by atoms with Crippen molar-refractivity contribution in [2.45, 2.75) is 96.8 Å². The molecule has 0 bridgehead atoms. The number of fused-ring (bicyclic) bond motifs is 6. The van der Waals surface area contributed by atoms with E-state index in [0.29, 0.717) is 29.7 Å². The molecule has 33 heavy (non-hydrogen) atoms. The maximum Gasteiger partial charge on any atom is 0.176 e. The van der Waals surface area contributed by atoms with Gasteiger partial charge in [-0.2, -0.15) is 5.10 Å². The molecule has 4 aliphatic carbocycles. The van der Waals surface area contributed by atoms with Crippen LogP contribution in [-0.2, 0) is 6.54 Å². The quantitative estimate of drug-likeness (QED) is 0.711. The van der Waals surface area contributed by atoms with Crippen LogP contribution in [0.4, 0.5) is 0 Å². The maximum atomic E-state index is 11.4. The number of aliphatic hydroxyl groups is 2. The van der Waals surface area contributed by atoms with Crippen LogP contribution in [0.1, 0.15) is 78.6 Å². The highest BCUT2D eigenvalue weighted by atomic mass is 16.3. The van der Waals surface area contributed by atoms with Crippen LogP contribution in [-0.4, -0.2) is 41.7 Å². The third kappa shape index (κ3) is 3.30. The second-order valence-electron chi connectivity index (χ2n) is 12.7. The molecule has 0 aliphatic heterocycles. The summed E-state index contributed by atoms with van der Waals surface area (Å²) >= 11 is 0. The second kappa shape index (κ2) is 7.48. The fraction of sp³-hybridized carbons (Fsp3) is 0.815. The van der Waals surface area contributed by atoms with Gasteiger partial charge in [0.15, 0.2) is 5.65 Å². The molecule has 4 fully saturated rings. The Balaban J connectivity index is 1.21. The molecule has 2 aromatic rings. The zero-order valence-corrected chi connectivity index (χ0v) is 20.5. The number of rotatable bonds is 3. The third-order valence-electron chi connectivity index (χ3n) is 11.1. The normalized spacial score (nSPS) is 45.9. The summed E-state index contributed by atoms with van der Waals surface area (Å²) in [4.78, 5) is 8.78. The highest BCUT2D eigenvalue weighted by Crippen LogP contribution is 2.68. The Morgan fingerprint density at radius 3 is 2.61 bits per heavy atom. The molecule has 2 unspecified atom stereocenters. The van der Waals surface area contributed by atoms with Gasteiger partial charge in [-0.25, -0.2) is 14.6 Å². The van der Waals surface area contributed by atoms with Crippen molar-refractivity contribution in [3.63, 3.8) is 0 Å². The zero-order valence-electron chi connectivity index (χ0n) is 20.5. The van der Waals surface area contributed by atoms with E-state index in [1.807, 2.05) is 11.6 Å². The van der Waals surface area contributed by atoms with E-state index in [2.05, 4.69) is 28.9 Å². The Bertz CT molecular complexity index is 1040. The van der Waals surface area contributed by atoms with Gasteiger partial charge in [0.25, 0.3) is 0 Å². The van der Waals surface area contributed by atoms with E-state index in [-0.39, 0.29) is 5.41 Å². The van der Waals surface area contributed by atoms with Gasteiger partial charge in [-0.1, -0.05) is 13.8 Å². The highest BCUT2D eigenvalue weighted by molar-refractivity contribution is 5.68. The molecule has 6 nitrogen and oxygen atoms in total. The summed E-state index contributed by atoms with van der Waals surface area (Å²) in [5.41, 5.74) is 1.68. The van der Waals surface area contributed by atoms with E-state index in [1.54, 1.807) is 18.6 Å².